The van der Waals surface area contributed by atoms with E-state index < -0.39 is 18.4 Å². The van der Waals surface area contributed by atoms with Gasteiger partial charge in [0, 0.05) is 5.56 Å². The van der Waals surface area contributed by atoms with E-state index in [0.29, 0.717) is 11.3 Å². The van der Waals surface area contributed by atoms with Crippen LogP contribution < -0.4 is 4.74 Å². The van der Waals surface area contributed by atoms with Gasteiger partial charge in [-0.15, -0.1) is 0 Å². The summed E-state index contributed by atoms with van der Waals surface area (Å²) in [6.45, 7) is -0.480. The summed E-state index contributed by atoms with van der Waals surface area (Å²) >= 11 is 5.98. The number of thiocarbonyl (C=S) groups is 1. The van der Waals surface area contributed by atoms with Crippen LogP contribution in [0.25, 0.3) is 6.08 Å². The second kappa shape index (κ2) is 6.15. The van der Waals surface area contributed by atoms with Gasteiger partial charge >= 0.3 is 5.97 Å². The highest BCUT2D eigenvalue weighted by Gasteiger charge is 2.33. The third-order valence-electron chi connectivity index (χ3n) is 2.69. The van der Waals surface area contributed by atoms with Crippen LogP contribution in [0.2, 0.25) is 0 Å². The Morgan fingerprint density at radius 3 is 2.86 bits per heavy atom. The molecular formula is C13H11NO5S2. The van der Waals surface area contributed by atoms with E-state index in [-0.39, 0.29) is 15.0 Å². The SMILES string of the molecule is COc1ccc(O)c(C=C2SC(=S)N(CC(=O)O)C2=O)c1. The number of phenolic OH excluding ortho intramolecular Hbond substituents is 1. The Hall–Kier alpha value is -2.06. The number of hydrogen-bond acceptors (Lipinski definition) is 6. The number of amides is 1. The molecule has 0 aliphatic carbocycles. The monoisotopic (exact) mass is 325 g/mol. The summed E-state index contributed by atoms with van der Waals surface area (Å²) in [5.74, 6) is -1.12. The third-order valence-corrected chi connectivity index (χ3v) is 4.07. The van der Waals surface area contributed by atoms with Crippen LogP contribution in [0.5, 0.6) is 11.5 Å². The fourth-order valence-corrected chi connectivity index (χ4v) is 2.93. The lowest BCUT2D eigenvalue weighted by Crippen LogP contribution is -2.33. The van der Waals surface area contributed by atoms with Crippen LogP contribution in [-0.4, -0.2) is 45.0 Å². The van der Waals surface area contributed by atoms with Gasteiger partial charge in [-0.3, -0.25) is 14.5 Å². The molecular weight excluding hydrogens is 314 g/mol. The maximum Gasteiger partial charge on any atom is 0.323 e. The highest BCUT2D eigenvalue weighted by Crippen LogP contribution is 2.34. The largest absolute Gasteiger partial charge is 0.507 e. The lowest BCUT2D eigenvalue weighted by molar-refractivity contribution is -0.140. The molecule has 1 aliphatic rings. The number of carbonyl (C=O) groups is 2. The van der Waals surface area contributed by atoms with Crippen molar-refractivity contribution in [3.8, 4) is 11.5 Å². The zero-order chi connectivity index (χ0) is 15.6. The van der Waals surface area contributed by atoms with Gasteiger partial charge in [0.2, 0.25) is 0 Å². The van der Waals surface area contributed by atoms with Crippen molar-refractivity contribution in [2.45, 2.75) is 0 Å². The zero-order valence-electron chi connectivity index (χ0n) is 10.9. The summed E-state index contributed by atoms with van der Waals surface area (Å²) in [4.78, 5) is 24.1. The first-order valence-electron chi connectivity index (χ1n) is 5.76. The molecule has 0 atom stereocenters. The van der Waals surface area contributed by atoms with Crippen molar-refractivity contribution >= 4 is 46.3 Å². The number of phenols is 1. The highest BCUT2D eigenvalue weighted by atomic mass is 32.2. The smallest absolute Gasteiger partial charge is 0.323 e. The molecule has 0 unspecified atom stereocenters. The summed E-state index contributed by atoms with van der Waals surface area (Å²) in [6, 6.07) is 4.60. The Labute approximate surface area is 130 Å². The molecule has 0 spiro atoms. The molecule has 1 saturated heterocycles. The second-order valence-electron chi connectivity index (χ2n) is 4.09. The van der Waals surface area contributed by atoms with Gasteiger partial charge in [-0.1, -0.05) is 24.0 Å². The predicted molar refractivity (Wildman–Crippen MR) is 82.2 cm³/mol. The van der Waals surface area contributed by atoms with Crippen molar-refractivity contribution < 1.29 is 24.5 Å². The van der Waals surface area contributed by atoms with Crippen molar-refractivity contribution in [2.75, 3.05) is 13.7 Å². The molecule has 0 bridgehead atoms. The van der Waals surface area contributed by atoms with Crippen LogP contribution in [-0.2, 0) is 9.59 Å². The van der Waals surface area contributed by atoms with Gasteiger partial charge in [0.25, 0.3) is 5.91 Å². The van der Waals surface area contributed by atoms with Gasteiger partial charge in [-0.2, -0.15) is 0 Å². The summed E-state index contributed by atoms with van der Waals surface area (Å²) in [5.41, 5.74) is 0.394. The molecule has 0 radical (unpaired) electrons. The number of aliphatic carboxylic acids is 1. The minimum atomic E-state index is -1.14. The van der Waals surface area contributed by atoms with Crippen LogP contribution in [0.1, 0.15) is 5.56 Å². The van der Waals surface area contributed by atoms with Gasteiger partial charge in [0.15, 0.2) is 0 Å². The second-order valence-corrected chi connectivity index (χ2v) is 5.76. The maximum absolute atomic E-state index is 12.1. The number of carbonyl (C=O) groups excluding carboxylic acids is 1. The molecule has 0 aromatic heterocycles. The van der Waals surface area contributed by atoms with Crippen LogP contribution in [0, 0.1) is 0 Å². The first kappa shape index (κ1) is 15.3. The summed E-state index contributed by atoms with van der Waals surface area (Å²) < 4.78 is 5.23. The van der Waals surface area contributed by atoms with Gasteiger partial charge in [0.1, 0.15) is 22.4 Å². The van der Waals surface area contributed by atoms with Crippen molar-refractivity contribution in [1.82, 2.24) is 4.90 Å². The molecule has 2 N–H and O–H groups in total. The molecule has 110 valence electrons. The number of aromatic hydroxyl groups is 1. The number of thioether (sulfide) groups is 1. The minimum absolute atomic E-state index is 0.0145. The van der Waals surface area contributed by atoms with Gasteiger partial charge < -0.3 is 14.9 Å². The van der Waals surface area contributed by atoms with Gasteiger partial charge in [-0.05, 0) is 24.3 Å². The molecule has 0 saturated carbocycles. The number of hydrogen-bond donors (Lipinski definition) is 2. The Balaban J connectivity index is 2.32. The summed E-state index contributed by atoms with van der Waals surface area (Å²) in [5, 5.41) is 18.6. The number of carboxylic acids is 1. The van der Waals surface area contributed by atoms with E-state index in [9.17, 15) is 14.7 Å². The molecule has 1 fully saturated rings. The van der Waals surface area contributed by atoms with E-state index in [1.807, 2.05) is 0 Å². The number of ether oxygens (including phenoxy) is 1. The quantitative estimate of drug-likeness (QED) is 0.643. The number of rotatable bonds is 4. The molecule has 8 heteroatoms. The average molecular weight is 325 g/mol. The molecule has 6 nitrogen and oxygen atoms in total. The molecule has 2 rings (SSSR count). The zero-order valence-corrected chi connectivity index (χ0v) is 12.5. The van der Waals surface area contributed by atoms with Crippen molar-refractivity contribution in [3.05, 3.63) is 28.7 Å². The van der Waals surface area contributed by atoms with E-state index in [1.165, 1.54) is 19.3 Å². The van der Waals surface area contributed by atoms with Crippen molar-refractivity contribution in [3.63, 3.8) is 0 Å². The first-order valence-corrected chi connectivity index (χ1v) is 6.99. The number of carboxylic acid groups (broad SMARTS) is 1. The Kier molecular flexibility index (Phi) is 4.49. The average Bonchev–Trinajstić information content (AvgIpc) is 2.68. The van der Waals surface area contributed by atoms with Crippen LogP contribution in [0.15, 0.2) is 23.1 Å². The minimum Gasteiger partial charge on any atom is -0.507 e. The topological polar surface area (TPSA) is 87.1 Å². The van der Waals surface area contributed by atoms with E-state index in [0.717, 1.165) is 16.7 Å². The van der Waals surface area contributed by atoms with E-state index in [1.54, 1.807) is 12.1 Å². The number of methoxy groups -OCH3 is 1. The van der Waals surface area contributed by atoms with Crippen molar-refractivity contribution in [2.24, 2.45) is 0 Å². The molecule has 1 aromatic carbocycles. The fourth-order valence-electron chi connectivity index (χ4n) is 1.69. The molecule has 1 aliphatic heterocycles. The number of benzene rings is 1. The summed E-state index contributed by atoms with van der Waals surface area (Å²) in [7, 11) is 1.49. The van der Waals surface area contributed by atoms with E-state index >= 15 is 0 Å². The molecule has 1 aromatic rings. The number of nitrogens with zero attached hydrogens (tertiary/aromatic N) is 1. The van der Waals surface area contributed by atoms with Crippen LogP contribution in [0.3, 0.4) is 0 Å². The predicted octanol–water partition coefficient (Wildman–Crippen LogP) is 1.69. The molecule has 21 heavy (non-hydrogen) atoms. The first-order chi connectivity index (χ1) is 9.92. The third kappa shape index (κ3) is 3.34. The standard InChI is InChI=1S/C13H11NO5S2/c1-19-8-2-3-9(15)7(4-8)5-10-12(18)14(6-11(16)17)13(20)21-10/h2-5,15H,6H2,1H3,(H,16,17). The molecule has 1 heterocycles. The van der Waals surface area contributed by atoms with Gasteiger partial charge in [-0.25, -0.2) is 0 Å². The summed E-state index contributed by atoms with van der Waals surface area (Å²) in [6.07, 6.45) is 1.46. The maximum atomic E-state index is 12.1. The van der Waals surface area contributed by atoms with Crippen molar-refractivity contribution in [1.29, 1.82) is 0 Å². The van der Waals surface area contributed by atoms with Gasteiger partial charge in [0.05, 0.1) is 12.0 Å². The fraction of sp³-hybridized carbons (Fsp3) is 0.154. The Morgan fingerprint density at radius 2 is 2.24 bits per heavy atom. The molecule has 1 amide bonds. The van der Waals surface area contributed by atoms with Crippen LogP contribution >= 0.6 is 24.0 Å². The van der Waals surface area contributed by atoms with Crippen LogP contribution in [0.4, 0.5) is 0 Å². The Morgan fingerprint density at radius 1 is 1.52 bits per heavy atom. The highest BCUT2D eigenvalue weighted by molar-refractivity contribution is 8.26. The lowest BCUT2D eigenvalue weighted by Gasteiger charge is -2.10. The lowest BCUT2D eigenvalue weighted by atomic mass is 10.1. The van der Waals surface area contributed by atoms with E-state index in [2.05, 4.69) is 0 Å². The van der Waals surface area contributed by atoms with E-state index in [4.69, 9.17) is 22.1 Å². The Bertz CT molecular complexity index is 656. The normalized spacial score (nSPS) is 16.6.